The number of methoxy groups -OCH3 is 3. The van der Waals surface area contributed by atoms with E-state index in [-0.39, 0.29) is 17.2 Å². The molecule has 0 aliphatic carbocycles. The molecule has 0 bridgehead atoms. The van der Waals surface area contributed by atoms with Crippen LogP contribution in [0.25, 0.3) is 6.08 Å². The molecule has 0 saturated heterocycles. The first-order valence-corrected chi connectivity index (χ1v) is 8.27. The Morgan fingerprint density at radius 2 is 1.62 bits per heavy atom. The highest BCUT2D eigenvalue weighted by molar-refractivity contribution is 6.13. The second-order valence-electron chi connectivity index (χ2n) is 5.84. The minimum absolute atomic E-state index is 0.0926. The Kier molecular flexibility index (Phi) is 5.49. The van der Waals surface area contributed by atoms with Gasteiger partial charge in [0, 0.05) is 5.56 Å². The van der Waals surface area contributed by atoms with Crippen molar-refractivity contribution < 1.29 is 36.9 Å². The van der Waals surface area contributed by atoms with E-state index in [0.717, 1.165) is 12.1 Å². The zero-order valence-corrected chi connectivity index (χ0v) is 15.7. The number of hydrogen-bond acceptors (Lipinski definition) is 6. The third kappa shape index (κ3) is 4.03. The molecule has 1 heterocycles. The number of nitrogens with zero attached hydrogens (tertiary/aromatic N) is 1. The summed E-state index contributed by atoms with van der Waals surface area (Å²) in [4.78, 5) is 16.2. The lowest BCUT2D eigenvalue weighted by Gasteiger charge is -2.13. The summed E-state index contributed by atoms with van der Waals surface area (Å²) in [6, 6.07) is 7.90. The molecule has 0 atom stereocenters. The molecule has 29 heavy (non-hydrogen) atoms. The van der Waals surface area contributed by atoms with Gasteiger partial charge in [-0.05, 0) is 29.8 Å². The molecule has 152 valence electrons. The van der Waals surface area contributed by atoms with Gasteiger partial charge in [-0.1, -0.05) is 18.2 Å². The lowest BCUT2D eigenvalue weighted by molar-refractivity contribution is -0.137. The standard InChI is InChI=1S/C20H16F3NO5/c1-26-15-9-12(10-16(27-2)17(15)28-3)18-24-14(19(25)29-18)8-11-6-4-5-7-13(11)20(21,22)23/h4-10H,1-3H3. The van der Waals surface area contributed by atoms with Gasteiger partial charge < -0.3 is 18.9 Å². The van der Waals surface area contributed by atoms with Gasteiger partial charge in [0.25, 0.3) is 0 Å². The number of halogens is 3. The lowest BCUT2D eigenvalue weighted by atomic mass is 10.1. The van der Waals surface area contributed by atoms with E-state index >= 15 is 0 Å². The Morgan fingerprint density at radius 1 is 1.00 bits per heavy atom. The molecule has 0 amide bonds. The highest BCUT2D eigenvalue weighted by atomic mass is 19.4. The van der Waals surface area contributed by atoms with E-state index in [1.54, 1.807) is 0 Å². The van der Waals surface area contributed by atoms with E-state index in [9.17, 15) is 18.0 Å². The number of carbonyl (C=O) groups is 1. The highest BCUT2D eigenvalue weighted by Crippen LogP contribution is 2.39. The molecule has 0 saturated carbocycles. The Hall–Kier alpha value is -3.49. The number of ether oxygens (including phenoxy) is 4. The molecular formula is C20H16F3NO5. The number of esters is 1. The number of rotatable bonds is 5. The van der Waals surface area contributed by atoms with Gasteiger partial charge in [0.15, 0.2) is 17.2 Å². The molecule has 0 aromatic heterocycles. The molecule has 0 radical (unpaired) electrons. The van der Waals surface area contributed by atoms with E-state index in [0.29, 0.717) is 22.8 Å². The number of alkyl halides is 3. The number of carbonyl (C=O) groups excluding carboxylic acids is 1. The van der Waals surface area contributed by atoms with Crippen molar-refractivity contribution in [3.05, 3.63) is 58.8 Å². The summed E-state index contributed by atoms with van der Waals surface area (Å²) in [6.45, 7) is 0. The highest BCUT2D eigenvalue weighted by Gasteiger charge is 2.33. The first-order valence-electron chi connectivity index (χ1n) is 8.27. The predicted molar refractivity (Wildman–Crippen MR) is 98.1 cm³/mol. The average Bonchev–Trinajstić information content (AvgIpc) is 3.06. The van der Waals surface area contributed by atoms with Crippen molar-refractivity contribution in [2.24, 2.45) is 4.99 Å². The van der Waals surface area contributed by atoms with Crippen molar-refractivity contribution in [3.8, 4) is 17.2 Å². The van der Waals surface area contributed by atoms with Crippen LogP contribution in [0.3, 0.4) is 0 Å². The van der Waals surface area contributed by atoms with Crippen LogP contribution in [-0.2, 0) is 15.7 Å². The van der Waals surface area contributed by atoms with E-state index in [1.165, 1.54) is 51.7 Å². The molecule has 0 spiro atoms. The van der Waals surface area contributed by atoms with Gasteiger partial charge in [-0.15, -0.1) is 0 Å². The van der Waals surface area contributed by atoms with Crippen molar-refractivity contribution in [2.75, 3.05) is 21.3 Å². The van der Waals surface area contributed by atoms with Crippen LogP contribution in [0.4, 0.5) is 13.2 Å². The van der Waals surface area contributed by atoms with Crippen LogP contribution in [-0.4, -0.2) is 33.2 Å². The zero-order valence-electron chi connectivity index (χ0n) is 15.7. The molecule has 9 heteroatoms. The monoisotopic (exact) mass is 407 g/mol. The maximum atomic E-state index is 13.2. The molecular weight excluding hydrogens is 391 g/mol. The van der Waals surface area contributed by atoms with Crippen molar-refractivity contribution >= 4 is 17.9 Å². The number of hydrogen-bond donors (Lipinski definition) is 0. The summed E-state index contributed by atoms with van der Waals surface area (Å²) in [5.41, 5.74) is -0.996. The van der Waals surface area contributed by atoms with Crippen LogP contribution >= 0.6 is 0 Å². The largest absolute Gasteiger partial charge is 0.493 e. The summed E-state index contributed by atoms with van der Waals surface area (Å²) in [7, 11) is 4.28. The van der Waals surface area contributed by atoms with Crippen molar-refractivity contribution in [1.29, 1.82) is 0 Å². The Balaban J connectivity index is 2.05. The summed E-state index contributed by atoms with van der Waals surface area (Å²) >= 11 is 0. The summed E-state index contributed by atoms with van der Waals surface area (Å²) in [5, 5.41) is 0. The van der Waals surface area contributed by atoms with Gasteiger partial charge in [-0.3, -0.25) is 0 Å². The first kappa shape index (κ1) is 20.2. The van der Waals surface area contributed by atoms with E-state index in [4.69, 9.17) is 18.9 Å². The molecule has 2 aromatic carbocycles. The molecule has 0 N–H and O–H groups in total. The van der Waals surface area contributed by atoms with Crippen molar-refractivity contribution in [1.82, 2.24) is 0 Å². The van der Waals surface area contributed by atoms with Crippen LogP contribution in [0.15, 0.2) is 47.1 Å². The summed E-state index contributed by atoms with van der Waals surface area (Å²) < 4.78 is 60.4. The maximum absolute atomic E-state index is 13.2. The predicted octanol–water partition coefficient (Wildman–Crippen LogP) is 4.08. The van der Waals surface area contributed by atoms with Gasteiger partial charge in [0.2, 0.25) is 11.6 Å². The normalized spacial score (nSPS) is 15.2. The minimum atomic E-state index is -4.57. The molecule has 6 nitrogen and oxygen atoms in total. The molecule has 2 aromatic rings. The van der Waals surface area contributed by atoms with Gasteiger partial charge in [0.05, 0.1) is 26.9 Å². The molecule has 1 aliphatic rings. The lowest BCUT2D eigenvalue weighted by Crippen LogP contribution is -2.08. The van der Waals surface area contributed by atoms with E-state index in [1.807, 2.05) is 0 Å². The van der Waals surface area contributed by atoms with Crippen LogP contribution in [0.2, 0.25) is 0 Å². The quantitative estimate of drug-likeness (QED) is 0.552. The molecule has 0 unspecified atom stereocenters. The zero-order chi connectivity index (χ0) is 21.2. The molecule has 1 aliphatic heterocycles. The van der Waals surface area contributed by atoms with E-state index < -0.39 is 17.7 Å². The minimum Gasteiger partial charge on any atom is -0.493 e. The first-order chi connectivity index (χ1) is 13.8. The molecule has 3 rings (SSSR count). The Labute approximate surface area is 164 Å². The summed E-state index contributed by atoms with van der Waals surface area (Å²) in [6.07, 6.45) is -3.53. The van der Waals surface area contributed by atoms with E-state index in [2.05, 4.69) is 4.99 Å². The Bertz CT molecular complexity index is 986. The Morgan fingerprint density at radius 3 is 2.17 bits per heavy atom. The number of aliphatic imine (C=N–C) groups is 1. The fourth-order valence-electron chi connectivity index (χ4n) is 2.77. The van der Waals surface area contributed by atoms with Crippen molar-refractivity contribution in [3.63, 3.8) is 0 Å². The SMILES string of the molecule is COc1cc(C2=NC(=Cc3ccccc3C(F)(F)F)C(=O)O2)cc(OC)c1OC. The van der Waals surface area contributed by atoms with Gasteiger partial charge >= 0.3 is 12.1 Å². The maximum Gasteiger partial charge on any atom is 0.416 e. The van der Waals surface area contributed by atoms with Gasteiger partial charge in [-0.25, -0.2) is 9.79 Å². The number of cyclic esters (lactones) is 1. The van der Waals surface area contributed by atoms with Crippen LogP contribution in [0.1, 0.15) is 16.7 Å². The average molecular weight is 407 g/mol. The summed E-state index contributed by atoms with van der Waals surface area (Å²) in [5.74, 6) is -0.0184. The fraction of sp³-hybridized carbons (Fsp3) is 0.200. The number of benzene rings is 2. The second-order valence-corrected chi connectivity index (χ2v) is 5.84. The van der Waals surface area contributed by atoms with Crippen LogP contribution in [0, 0.1) is 0 Å². The van der Waals surface area contributed by atoms with Gasteiger partial charge in [-0.2, -0.15) is 13.2 Å². The van der Waals surface area contributed by atoms with Crippen LogP contribution in [0.5, 0.6) is 17.2 Å². The smallest absolute Gasteiger partial charge is 0.416 e. The van der Waals surface area contributed by atoms with Gasteiger partial charge in [0.1, 0.15) is 0 Å². The third-order valence-corrected chi connectivity index (χ3v) is 4.09. The third-order valence-electron chi connectivity index (χ3n) is 4.09. The topological polar surface area (TPSA) is 66.4 Å². The molecule has 0 fully saturated rings. The second kappa shape index (κ2) is 7.86. The van der Waals surface area contributed by atoms with Crippen LogP contribution < -0.4 is 14.2 Å². The van der Waals surface area contributed by atoms with Crippen molar-refractivity contribution in [2.45, 2.75) is 6.18 Å². The fourth-order valence-corrected chi connectivity index (χ4v) is 2.77.